The minimum Gasteiger partial charge on any atom is -0.460 e. The Bertz CT molecular complexity index is 393. The Hall–Kier alpha value is -1.10. The van der Waals surface area contributed by atoms with Gasteiger partial charge in [0.2, 0.25) is 0 Å². The van der Waals surface area contributed by atoms with Crippen molar-refractivity contribution in [1.29, 1.82) is 0 Å². The monoisotopic (exact) mass is 352 g/mol. The molecule has 3 fully saturated rings. The summed E-state index contributed by atoms with van der Waals surface area (Å²) in [5, 5.41) is 0. The molecule has 1 saturated heterocycles. The second-order valence-corrected chi connectivity index (χ2v) is 7.79. The molecule has 0 aromatic heterocycles. The molecule has 2 saturated carbocycles. The highest BCUT2D eigenvalue weighted by Crippen LogP contribution is 2.29. The molecule has 5 heteroatoms. The van der Waals surface area contributed by atoms with Crippen LogP contribution in [-0.4, -0.2) is 36.4 Å². The SMILES string of the molecule is O=C(OC1CCCCCCC1)C1OC1C(=O)OC1CCCCCCC1. The van der Waals surface area contributed by atoms with Crippen molar-refractivity contribution in [3.05, 3.63) is 0 Å². The fourth-order valence-electron chi connectivity index (χ4n) is 4.01. The van der Waals surface area contributed by atoms with Gasteiger partial charge in [0.25, 0.3) is 0 Å². The number of hydrogen-bond acceptors (Lipinski definition) is 5. The molecule has 5 nitrogen and oxygen atoms in total. The van der Waals surface area contributed by atoms with Crippen molar-refractivity contribution in [2.24, 2.45) is 0 Å². The summed E-state index contributed by atoms with van der Waals surface area (Å²) < 4.78 is 16.5. The van der Waals surface area contributed by atoms with Crippen LogP contribution in [0.1, 0.15) is 89.9 Å². The molecule has 0 aromatic rings. The molecule has 2 aliphatic carbocycles. The van der Waals surface area contributed by atoms with E-state index in [4.69, 9.17) is 14.2 Å². The van der Waals surface area contributed by atoms with Crippen LogP contribution in [0.2, 0.25) is 0 Å². The number of rotatable bonds is 4. The van der Waals surface area contributed by atoms with Crippen molar-refractivity contribution < 1.29 is 23.8 Å². The topological polar surface area (TPSA) is 65.1 Å². The van der Waals surface area contributed by atoms with Gasteiger partial charge >= 0.3 is 11.9 Å². The summed E-state index contributed by atoms with van der Waals surface area (Å²) in [6.45, 7) is 0. The van der Waals surface area contributed by atoms with Crippen molar-refractivity contribution in [3.8, 4) is 0 Å². The van der Waals surface area contributed by atoms with Gasteiger partial charge in [-0.2, -0.15) is 0 Å². The average Bonchev–Trinajstić information content (AvgIpc) is 3.33. The van der Waals surface area contributed by atoms with Crippen LogP contribution in [-0.2, 0) is 23.8 Å². The van der Waals surface area contributed by atoms with E-state index in [0.29, 0.717) is 0 Å². The summed E-state index contributed by atoms with van der Waals surface area (Å²) >= 11 is 0. The summed E-state index contributed by atoms with van der Waals surface area (Å²) in [7, 11) is 0. The van der Waals surface area contributed by atoms with Gasteiger partial charge in [0.1, 0.15) is 12.2 Å². The number of epoxide rings is 1. The molecule has 2 unspecified atom stereocenters. The number of carbonyl (C=O) groups excluding carboxylic acids is 2. The van der Waals surface area contributed by atoms with Crippen LogP contribution >= 0.6 is 0 Å². The third kappa shape index (κ3) is 5.98. The molecule has 0 radical (unpaired) electrons. The Morgan fingerprint density at radius 2 is 0.880 bits per heavy atom. The van der Waals surface area contributed by atoms with Gasteiger partial charge in [-0.25, -0.2) is 9.59 Å². The van der Waals surface area contributed by atoms with Crippen LogP contribution in [0, 0.1) is 0 Å². The zero-order valence-corrected chi connectivity index (χ0v) is 15.3. The zero-order chi connectivity index (χ0) is 17.5. The fourth-order valence-corrected chi connectivity index (χ4v) is 4.01. The highest BCUT2D eigenvalue weighted by atomic mass is 16.7. The van der Waals surface area contributed by atoms with E-state index in [9.17, 15) is 9.59 Å². The van der Waals surface area contributed by atoms with Crippen LogP contribution in [0.15, 0.2) is 0 Å². The van der Waals surface area contributed by atoms with Gasteiger partial charge < -0.3 is 14.2 Å². The standard InChI is InChI=1S/C20H32O5/c21-19(23-15-11-7-3-1-4-8-12-15)17-18(25-17)20(22)24-16-13-9-5-2-6-10-14-16/h15-18H,1-14H2. The molecule has 3 rings (SSSR count). The zero-order valence-electron chi connectivity index (χ0n) is 15.3. The first kappa shape index (κ1) is 18.7. The second kappa shape index (κ2) is 9.56. The number of ether oxygens (including phenoxy) is 3. The minimum atomic E-state index is -0.744. The quantitative estimate of drug-likeness (QED) is 0.564. The van der Waals surface area contributed by atoms with E-state index in [2.05, 4.69) is 0 Å². The normalized spacial score (nSPS) is 29.6. The first-order chi connectivity index (χ1) is 12.2. The van der Waals surface area contributed by atoms with Crippen LogP contribution in [0.5, 0.6) is 0 Å². The van der Waals surface area contributed by atoms with Crippen molar-refractivity contribution in [2.75, 3.05) is 0 Å². The van der Waals surface area contributed by atoms with Crippen LogP contribution < -0.4 is 0 Å². The number of esters is 2. The molecule has 1 heterocycles. The maximum Gasteiger partial charge on any atom is 0.338 e. The van der Waals surface area contributed by atoms with Gasteiger partial charge in [0.05, 0.1) is 0 Å². The third-order valence-electron chi connectivity index (χ3n) is 5.63. The van der Waals surface area contributed by atoms with E-state index in [1.165, 1.54) is 38.5 Å². The molecule has 2 atom stereocenters. The second-order valence-electron chi connectivity index (χ2n) is 7.79. The van der Waals surface area contributed by atoms with E-state index in [1.807, 2.05) is 0 Å². The molecular formula is C20H32O5. The van der Waals surface area contributed by atoms with Gasteiger partial charge in [-0.15, -0.1) is 0 Å². The van der Waals surface area contributed by atoms with Crippen molar-refractivity contribution in [3.63, 3.8) is 0 Å². The van der Waals surface area contributed by atoms with Crippen molar-refractivity contribution in [2.45, 2.75) is 114 Å². The van der Waals surface area contributed by atoms with Crippen LogP contribution in [0.4, 0.5) is 0 Å². The molecule has 0 bridgehead atoms. The first-order valence-corrected chi connectivity index (χ1v) is 10.3. The van der Waals surface area contributed by atoms with Crippen molar-refractivity contribution in [1.82, 2.24) is 0 Å². The van der Waals surface area contributed by atoms with Crippen LogP contribution in [0.25, 0.3) is 0 Å². The summed E-state index contributed by atoms with van der Waals surface area (Å²) in [5.41, 5.74) is 0. The predicted molar refractivity (Wildman–Crippen MR) is 93.1 cm³/mol. The minimum absolute atomic E-state index is 0.0146. The van der Waals surface area contributed by atoms with E-state index >= 15 is 0 Å². The average molecular weight is 352 g/mol. The third-order valence-corrected chi connectivity index (χ3v) is 5.63. The van der Waals surface area contributed by atoms with Crippen molar-refractivity contribution >= 4 is 11.9 Å². The Morgan fingerprint density at radius 1 is 0.560 bits per heavy atom. The molecule has 3 aliphatic rings. The lowest BCUT2D eigenvalue weighted by molar-refractivity contribution is -0.154. The Kier molecular flexibility index (Phi) is 7.14. The van der Waals surface area contributed by atoms with Gasteiger partial charge in [0.15, 0.2) is 12.2 Å². The summed E-state index contributed by atoms with van der Waals surface area (Å²) in [6.07, 6.45) is 14.0. The number of hydrogen-bond donors (Lipinski definition) is 0. The largest absolute Gasteiger partial charge is 0.460 e. The highest BCUT2D eigenvalue weighted by Gasteiger charge is 2.53. The molecule has 0 amide bonds. The summed E-state index contributed by atoms with van der Waals surface area (Å²) in [5.74, 6) is -0.768. The Labute approximate surface area is 150 Å². The summed E-state index contributed by atoms with van der Waals surface area (Å²) in [4.78, 5) is 24.4. The maximum atomic E-state index is 12.2. The number of carbonyl (C=O) groups is 2. The molecule has 0 N–H and O–H groups in total. The molecular weight excluding hydrogens is 320 g/mol. The lowest BCUT2D eigenvalue weighted by Crippen LogP contribution is -2.28. The molecule has 142 valence electrons. The van der Waals surface area contributed by atoms with Gasteiger partial charge in [-0.1, -0.05) is 38.5 Å². The molecule has 0 spiro atoms. The first-order valence-electron chi connectivity index (χ1n) is 10.3. The summed E-state index contributed by atoms with van der Waals surface area (Å²) in [6, 6.07) is 0. The van der Waals surface area contributed by atoms with E-state index in [-0.39, 0.29) is 24.1 Å². The van der Waals surface area contributed by atoms with E-state index < -0.39 is 12.2 Å². The smallest absolute Gasteiger partial charge is 0.338 e. The predicted octanol–water partition coefficient (Wildman–Crippen LogP) is 4.07. The Balaban J connectivity index is 1.39. The van der Waals surface area contributed by atoms with Crippen LogP contribution in [0.3, 0.4) is 0 Å². The maximum absolute atomic E-state index is 12.2. The molecule has 1 aliphatic heterocycles. The lowest BCUT2D eigenvalue weighted by atomic mass is 9.98. The van der Waals surface area contributed by atoms with Gasteiger partial charge in [-0.05, 0) is 51.4 Å². The lowest BCUT2D eigenvalue weighted by Gasteiger charge is -2.20. The molecule has 25 heavy (non-hydrogen) atoms. The van der Waals surface area contributed by atoms with E-state index in [0.717, 1.165) is 51.4 Å². The van der Waals surface area contributed by atoms with E-state index in [1.54, 1.807) is 0 Å². The molecule has 0 aromatic carbocycles. The van der Waals surface area contributed by atoms with Gasteiger partial charge in [0, 0.05) is 0 Å². The fraction of sp³-hybridized carbons (Fsp3) is 0.900. The van der Waals surface area contributed by atoms with Gasteiger partial charge in [-0.3, -0.25) is 0 Å². The highest BCUT2D eigenvalue weighted by molar-refractivity contribution is 5.90. The Morgan fingerprint density at radius 3 is 1.24 bits per heavy atom.